The fraction of sp³-hybridized carbons (Fsp3) is 0.647. The van der Waals surface area contributed by atoms with Gasteiger partial charge in [0.2, 0.25) is 0 Å². The zero-order valence-electron chi connectivity index (χ0n) is 12.5. The zero-order valence-corrected chi connectivity index (χ0v) is 14.8. The van der Waals surface area contributed by atoms with Gasteiger partial charge in [0.25, 0.3) is 0 Å². The highest BCUT2D eigenvalue weighted by molar-refractivity contribution is 9.10. The largest absolute Gasteiger partial charge is 0.375 e. The van der Waals surface area contributed by atoms with Crippen LogP contribution in [0.25, 0.3) is 0 Å². The Labute approximate surface area is 140 Å². The molecule has 1 saturated heterocycles. The molecule has 0 radical (unpaired) electrons. The molecule has 1 aromatic rings. The van der Waals surface area contributed by atoms with Crippen molar-refractivity contribution in [3.8, 4) is 0 Å². The Bertz CT molecular complexity index is 504. The molecule has 1 spiro atoms. The third-order valence-electron chi connectivity index (χ3n) is 5.01. The monoisotopic (exact) mass is 371 g/mol. The third-order valence-corrected chi connectivity index (χ3v) is 6.32. The van der Waals surface area contributed by atoms with E-state index in [1.54, 1.807) is 0 Å². The molecule has 1 aromatic carbocycles. The smallest absolute Gasteiger partial charge is 0.0686 e. The van der Waals surface area contributed by atoms with Gasteiger partial charge >= 0.3 is 0 Å². The second kappa shape index (κ2) is 6.57. The van der Waals surface area contributed by atoms with E-state index in [2.05, 4.69) is 40.3 Å². The first-order chi connectivity index (χ1) is 10.2. The molecule has 2 unspecified atom stereocenters. The van der Waals surface area contributed by atoms with Gasteiger partial charge in [0.1, 0.15) is 0 Å². The molecule has 1 aliphatic heterocycles. The summed E-state index contributed by atoms with van der Waals surface area (Å²) in [7, 11) is 0. The van der Waals surface area contributed by atoms with Crippen molar-refractivity contribution in [2.75, 3.05) is 13.2 Å². The van der Waals surface area contributed by atoms with Crippen LogP contribution in [0.2, 0.25) is 5.02 Å². The fourth-order valence-corrected chi connectivity index (χ4v) is 4.41. The van der Waals surface area contributed by atoms with Gasteiger partial charge in [-0.1, -0.05) is 30.7 Å². The number of hydrogen-bond acceptors (Lipinski definition) is 2. The molecule has 2 atom stereocenters. The molecule has 1 aliphatic carbocycles. The van der Waals surface area contributed by atoms with E-state index in [4.69, 9.17) is 16.3 Å². The molecule has 2 aliphatic rings. The minimum absolute atomic E-state index is 0.176. The topological polar surface area (TPSA) is 21.3 Å². The van der Waals surface area contributed by atoms with Crippen LogP contribution in [0.15, 0.2) is 22.7 Å². The van der Waals surface area contributed by atoms with Crippen LogP contribution in [0.1, 0.15) is 50.6 Å². The van der Waals surface area contributed by atoms with Crippen LogP contribution >= 0.6 is 27.5 Å². The van der Waals surface area contributed by atoms with Crippen LogP contribution in [0.5, 0.6) is 0 Å². The van der Waals surface area contributed by atoms with Crippen molar-refractivity contribution in [2.24, 2.45) is 5.92 Å². The summed E-state index contributed by atoms with van der Waals surface area (Å²) in [6, 6.07) is 6.56. The summed E-state index contributed by atoms with van der Waals surface area (Å²) in [4.78, 5) is 0. The first-order valence-electron chi connectivity index (χ1n) is 7.96. The third kappa shape index (κ3) is 3.17. The Morgan fingerprint density at radius 3 is 2.95 bits per heavy atom. The summed E-state index contributed by atoms with van der Waals surface area (Å²) in [6.07, 6.45) is 6.05. The minimum Gasteiger partial charge on any atom is -0.375 e. The molecule has 0 amide bonds. The van der Waals surface area contributed by atoms with Crippen LogP contribution < -0.4 is 5.32 Å². The maximum atomic E-state index is 6.54. The Hall–Kier alpha value is -0.0900. The highest BCUT2D eigenvalue weighted by Crippen LogP contribution is 2.48. The van der Waals surface area contributed by atoms with Gasteiger partial charge in [-0.05, 0) is 72.1 Å². The van der Waals surface area contributed by atoms with Gasteiger partial charge in [-0.25, -0.2) is 0 Å². The molecule has 2 fully saturated rings. The Morgan fingerprint density at radius 1 is 1.48 bits per heavy atom. The summed E-state index contributed by atoms with van der Waals surface area (Å²) in [5, 5.41) is 4.51. The predicted octanol–water partition coefficient (Wildman–Crippen LogP) is 5.10. The minimum atomic E-state index is 0.176. The first-order valence-corrected chi connectivity index (χ1v) is 9.13. The lowest BCUT2D eigenvalue weighted by Gasteiger charge is -2.49. The molecule has 4 heteroatoms. The molecule has 116 valence electrons. The maximum absolute atomic E-state index is 6.54. The standard InChI is InChI=1S/C17H23BrClNO/c1-2-20-16(13-5-3-6-14(18)15(13)19)12-7-10-21-17(11-12)8-4-9-17/h3,5-6,12,16,20H,2,4,7-11H2,1H3. The van der Waals surface area contributed by atoms with E-state index in [0.29, 0.717) is 12.0 Å². The lowest BCUT2D eigenvalue weighted by Crippen LogP contribution is -2.48. The summed E-state index contributed by atoms with van der Waals surface area (Å²) in [5.41, 5.74) is 1.39. The normalized spacial score (nSPS) is 25.6. The summed E-state index contributed by atoms with van der Waals surface area (Å²) in [6.45, 7) is 4.01. The molecule has 0 aromatic heterocycles. The van der Waals surface area contributed by atoms with E-state index >= 15 is 0 Å². The highest BCUT2D eigenvalue weighted by Gasteiger charge is 2.44. The molecular weight excluding hydrogens is 350 g/mol. The van der Waals surface area contributed by atoms with Gasteiger partial charge in [-0.2, -0.15) is 0 Å². The van der Waals surface area contributed by atoms with Crippen LogP contribution in [-0.2, 0) is 4.74 Å². The summed E-state index contributed by atoms with van der Waals surface area (Å²) < 4.78 is 7.06. The van der Waals surface area contributed by atoms with Crippen molar-refractivity contribution in [3.05, 3.63) is 33.3 Å². The lowest BCUT2D eigenvalue weighted by atomic mass is 9.69. The summed E-state index contributed by atoms with van der Waals surface area (Å²) >= 11 is 10.1. The Balaban J connectivity index is 1.85. The average molecular weight is 373 g/mol. The van der Waals surface area contributed by atoms with E-state index in [9.17, 15) is 0 Å². The number of ether oxygens (including phenoxy) is 1. The van der Waals surface area contributed by atoms with E-state index < -0.39 is 0 Å². The van der Waals surface area contributed by atoms with Gasteiger partial charge in [-0.15, -0.1) is 0 Å². The molecular formula is C17H23BrClNO. The van der Waals surface area contributed by atoms with Gasteiger partial charge < -0.3 is 10.1 Å². The molecule has 1 saturated carbocycles. The maximum Gasteiger partial charge on any atom is 0.0686 e. The SMILES string of the molecule is CCNC(c1cccc(Br)c1Cl)C1CCOC2(CCC2)C1. The lowest BCUT2D eigenvalue weighted by molar-refractivity contribution is -0.147. The summed E-state index contributed by atoms with van der Waals surface area (Å²) in [5.74, 6) is 0.603. The molecule has 1 N–H and O–H groups in total. The van der Waals surface area contributed by atoms with Crippen LogP contribution in [0, 0.1) is 5.92 Å². The predicted molar refractivity (Wildman–Crippen MR) is 90.8 cm³/mol. The molecule has 0 bridgehead atoms. The molecule has 21 heavy (non-hydrogen) atoms. The van der Waals surface area contributed by atoms with E-state index in [1.165, 1.54) is 24.8 Å². The average Bonchev–Trinajstić information content (AvgIpc) is 2.47. The molecule has 2 nitrogen and oxygen atoms in total. The zero-order chi connectivity index (χ0) is 14.9. The number of benzene rings is 1. The van der Waals surface area contributed by atoms with Crippen molar-refractivity contribution in [3.63, 3.8) is 0 Å². The highest BCUT2D eigenvalue weighted by atomic mass is 79.9. The van der Waals surface area contributed by atoms with Crippen LogP contribution in [0.4, 0.5) is 0 Å². The molecule has 1 heterocycles. The van der Waals surface area contributed by atoms with Crippen molar-refractivity contribution in [1.82, 2.24) is 5.32 Å². The second-order valence-electron chi connectivity index (χ2n) is 6.32. The Kier molecular flexibility index (Phi) is 4.94. The fourth-order valence-electron chi connectivity index (χ4n) is 3.78. The number of rotatable bonds is 4. The van der Waals surface area contributed by atoms with Gasteiger partial charge in [0.15, 0.2) is 0 Å². The Morgan fingerprint density at radius 2 is 2.29 bits per heavy atom. The number of halogens is 2. The van der Waals surface area contributed by atoms with Crippen molar-refractivity contribution in [1.29, 1.82) is 0 Å². The quantitative estimate of drug-likeness (QED) is 0.793. The molecule has 3 rings (SSSR count). The number of hydrogen-bond donors (Lipinski definition) is 1. The van der Waals surface area contributed by atoms with Gasteiger partial charge in [0.05, 0.1) is 10.6 Å². The van der Waals surface area contributed by atoms with Gasteiger partial charge in [-0.3, -0.25) is 0 Å². The second-order valence-corrected chi connectivity index (χ2v) is 7.55. The van der Waals surface area contributed by atoms with Gasteiger partial charge in [0, 0.05) is 17.1 Å². The van der Waals surface area contributed by atoms with E-state index in [0.717, 1.165) is 35.5 Å². The van der Waals surface area contributed by atoms with Crippen LogP contribution in [-0.4, -0.2) is 18.8 Å². The van der Waals surface area contributed by atoms with E-state index in [-0.39, 0.29) is 5.60 Å². The van der Waals surface area contributed by atoms with Crippen molar-refractivity contribution >= 4 is 27.5 Å². The first kappa shape index (κ1) is 15.8. The van der Waals surface area contributed by atoms with Crippen molar-refractivity contribution in [2.45, 2.75) is 50.7 Å². The van der Waals surface area contributed by atoms with Crippen LogP contribution in [0.3, 0.4) is 0 Å². The van der Waals surface area contributed by atoms with E-state index in [1.807, 2.05) is 6.07 Å². The van der Waals surface area contributed by atoms with Crippen molar-refractivity contribution < 1.29 is 4.74 Å². The number of nitrogens with one attached hydrogen (secondary N) is 1.